The third kappa shape index (κ3) is 3.75. The van der Waals surface area contributed by atoms with E-state index in [1.165, 1.54) is 0 Å². The maximum atomic E-state index is 11.7. The smallest absolute Gasteiger partial charge is 0.298 e. The van der Waals surface area contributed by atoms with Crippen LogP contribution in [0.2, 0.25) is 0 Å². The second kappa shape index (κ2) is 6.07. The van der Waals surface area contributed by atoms with Gasteiger partial charge in [0, 0.05) is 10.8 Å². The van der Waals surface area contributed by atoms with Crippen molar-refractivity contribution in [2.75, 3.05) is 5.73 Å². The van der Waals surface area contributed by atoms with Crippen molar-refractivity contribution in [3.8, 4) is 0 Å². The molecule has 0 saturated carbocycles. The van der Waals surface area contributed by atoms with Gasteiger partial charge in [-0.15, -0.1) is 0 Å². The van der Waals surface area contributed by atoms with E-state index in [9.17, 15) is 51.9 Å². The lowest BCUT2D eigenvalue weighted by molar-refractivity contribution is 0.457. The molecule has 0 aliphatic rings. The lowest BCUT2D eigenvalue weighted by Crippen LogP contribution is -2.18. The number of nitrogens with two attached hydrogens (primary N) is 1. The van der Waals surface area contributed by atoms with E-state index in [1.807, 2.05) is 0 Å². The predicted octanol–water partition coefficient (Wildman–Crippen LogP) is -0.591. The third-order valence-electron chi connectivity index (χ3n) is 3.25. The van der Waals surface area contributed by atoms with Crippen LogP contribution in [0.1, 0.15) is 0 Å². The summed E-state index contributed by atoms with van der Waals surface area (Å²) >= 11 is 0. The molecule has 0 radical (unpaired) electrons. The van der Waals surface area contributed by atoms with Crippen LogP contribution >= 0.6 is 0 Å². The van der Waals surface area contributed by atoms with Crippen LogP contribution in [0.4, 0.5) is 5.69 Å². The zero-order valence-electron chi connectivity index (χ0n) is 12.5. The first-order valence-corrected chi connectivity index (χ1v) is 11.9. The summed E-state index contributed by atoms with van der Waals surface area (Å²) in [6.45, 7) is 0. The molecule has 2 aromatic rings. The van der Waals surface area contributed by atoms with Gasteiger partial charge in [0.2, 0.25) is 0 Å². The Balaban J connectivity index is 3.57. The van der Waals surface area contributed by atoms with E-state index in [0.717, 1.165) is 6.07 Å². The fourth-order valence-electron chi connectivity index (χ4n) is 2.42. The maximum Gasteiger partial charge on any atom is 0.298 e. The predicted molar refractivity (Wildman–Crippen MR) is 87.6 cm³/mol. The van der Waals surface area contributed by atoms with Crippen molar-refractivity contribution in [2.24, 2.45) is 0 Å². The number of rotatable bonds is 4. The van der Waals surface area contributed by atoms with E-state index in [4.69, 9.17) is 5.73 Å². The molecule has 150 valence electrons. The molecular weight excluding hydrogens is 454 g/mol. The van der Waals surface area contributed by atoms with Gasteiger partial charge in [0.05, 0.1) is 5.69 Å². The van der Waals surface area contributed by atoms with Crippen LogP contribution in [-0.2, 0) is 40.5 Å². The molecule has 2 aromatic carbocycles. The summed E-state index contributed by atoms with van der Waals surface area (Å²) in [6.07, 6.45) is 0. The summed E-state index contributed by atoms with van der Waals surface area (Å²) in [6, 6.07) is 2.18. The SMILES string of the molecule is Nc1c(S(=O)(=O)O)c(S(=O)(=O)O)c(S(=O)(=O)O)c2cccc(S(=O)(=O)O)c12. The Morgan fingerprint density at radius 2 is 1.07 bits per heavy atom. The highest BCUT2D eigenvalue weighted by atomic mass is 32.2. The zero-order chi connectivity index (χ0) is 21.2. The molecule has 17 heteroatoms. The van der Waals surface area contributed by atoms with Crippen LogP contribution in [0.5, 0.6) is 0 Å². The highest BCUT2D eigenvalue weighted by Gasteiger charge is 2.38. The van der Waals surface area contributed by atoms with E-state index in [1.54, 1.807) is 0 Å². The minimum Gasteiger partial charge on any atom is -0.397 e. The summed E-state index contributed by atoms with van der Waals surface area (Å²) in [4.78, 5) is -6.83. The van der Waals surface area contributed by atoms with Crippen LogP contribution < -0.4 is 5.73 Å². The zero-order valence-corrected chi connectivity index (χ0v) is 15.8. The average molecular weight is 463 g/mol. The molecular formula is C10H9NO12S4. The molecule has 0 saturated heterocycles. The molecule has 6 N–H and O–H groups in total. The molecule has 0 amide bonds. The standard InChI is InChI=1S/C10H9NO12S4/c11-7-6-4(2-1-3-5(6)24(12,13)14)8(25(15,16)17)10(27(21,22)23)9(7)26(18,19)20/h1-3H,11H2,(H,12,13,14)(H,15,16,17)(H,18,19,20)(H,21,22,23). The summed E-state index contributed by atoms with van der Waals surface area (Å²) in [5, 5.41) is -2.00. The molecule has 0 bridgehead atoms. The molecule has 0 atom stereocenters. The van der Waals surface area contributed by atoms with Gasteiger partial charge in [-0.05, 0) is 6.07 Å². The lowest BCUT2D eigenvalue weighted by atomic mass is 10.1. The number of fused-ring (bicyclic) bond motifs is 1. The van der Waals surface area contributed by atoms with Gasteiger partial charge in [-0.25, -0.2) is 0 Å². The fraction of sp³-hybridized carbons (Fsp3) is 0. The number of nitrogen functional groups attached to an aromatic ring is 1. The number of hydrogen-bond donors (Lipinski definition) is 5. The van der Waals surface area contributed by atoms with Gasteiger partial charge in [0.25, 0.3) is 40.5 Å². The van der Waals surface area contributed by atoms with Crippen molar-refractivity contribution in [3.05, 3.63) is 18.2 Å². The van der Waals surface area contributed by atoms with E-state index >= 15 is 0 Å². The fourth-order valence-corrected chi connectivity index (χ4v) is 6.67. The summed E-state index contributed by atoms with van der Waals surface area (Å²) < 4.78 is 130. The quantitative estimate of drug-likeness (QED) is 0.281. The van der Waals surface area contributed by atoms with Crippen LogP contribution in [0.25, 0.3) is 10.8 Å². The van der Waals surface area contributed by atoms with Crippen molar-refractivity contribution in [1.29, 1.82) is 0 Å². The van der Waals surface area contributed by atoms with Gasteiger partial charge in [-0.1, -0.05) is 12.1 Å². The van der Waals surface area contributed by atoms with E-state index in [0.29, 0.717) is 12.1 Å². The van der Waals surface area contributed by atoms with Gasteiger partial charge >= 0.3 is 0 Å². The molecule has 0 spiro atoms. The number of hydrogen-bond acceptors (Lipinski definition) is 9. The minimum atomic E-state index is -5.76. The Morgan fingerprint density at radius 3 is 1.44 bits per heavy atom. The second-order valence-corrected chi connectivity index (χ2v) is 10.4. The summed E-state index contributed by atoms with van der Waals surface area (Å²) in [7, 11) is -22.3. The van der Waals surface area contributed by atoms with Crippen molar-refractivity contribution in [1.82, 2.24) is 0 Å². The molecule has 27 heavy (non-hydrogen) atoms. The Hall–Kier alpha value is -1.86. The van der Waals surface area contributed by atoms with Crippen molar-refractivity contribution in [2.45, 2.75) is 19.6 Å². The van der Waals surface area contributed by atoms with Crippen LogP contribution in [0, 0.1) is 0 Å². The van der Waals surface area contributed by atoms with E-state index in [-0.39, 0.29) is 0 Å². The average Bonchev–Trinajstić information content (AvgIpc) is 2.41. The molecule has 13 nitrogen and oxygen atoms in total. The van der Waals surface area contributed by atoms with Crippen molar-refractivity contribution < 1.29 is 51.9 Å². The van der Waals surface area contributed by atoms with Gasteiger partial charge in [-0.3, -0.25) is 18.2 Å². The van der Waals surface area contributed by atoms with Crippen LogP contribution in [0.3, 0.4) is 0 Å². The first kappa shape index (κ1) is 21.4. The first-order valence-electron chi connectivity index (χ1n) is 6.16. The van der Waals surface area contributed by atoms with Gasteiger partial charge in [0.15, 0.2) is 0 Å². The monoisotopic (exact) mass is 463 g/mol. The van der Waals surface area contributed by atoms with Crippen molar-refractivity contribution >= 4 is 56.9 Å². The van der Waals surface area contributed by atoms with Gasteiger partial charge in [-0.2, -0.15) is 33.7 Å². The van der Waals surface area contributed by atoms with Crippen LogP contribution in [-0.4, -0.2) is 51.9 Å². The van der Waals surface area contributed by atoms with Crippen LogP contribution in [0.15, 0.2) is 37.8 Å². The second-order valence-electron chi connectivity index (χ2n) is 4.98. The number of anilines is 1. The van der Waals surface area contributed by atoms with E-state index < -0.39 is 76.5 Å². The lowest BCUT2D eigenvalue weighted by Gasteiger charge is -2.17. The third-order valence-corrected chi connectivity index (χ3v) is 7.21. The molecule has 0 aliphatic carbocycles. The normalized spacial score (nSPS) is 13.8. The maximum absolute atomic E-state index is 11.7. The molecule has 0 heterocycles. The van der Waals surface area contributed by atoms with E-state index in [2.05, 4.69) is 0 Å². The largest absolute Gasteiger partial charge is 0.397 e. The molecule has 2 rings (SSSR count). The summed E-state index contributed by atoms with van der Waals surface area (Å²) in [5.74, 6) is 0. The topological polar surface area (TPSA) is 243 Å². The minimum absolute atomic E-state index is 0.655. The molecule has 0 fully saturated rings. The van der Waals surface area contributed by atoms with Gasteiger partial charge in [0.1, 0.15) is 19.6 Å². The highest BCUT2D eigenvalue weighted by Crippen LogP contribution is 2.42. The Labute approximate surface area is 152 Å². The first-order chi connectivity index (χ1) is 11.9. The molecule has 0 unspecified atom stereocenters. The Bertz CT molecular complexity index is 1400. The highest BCUT2D eigenvalue weighted by molar-refractivity contribution is 7.91. The van der Waals surface area contributed by atoms with Crippen molar-refractivity contribution in [3.63, 3.8) is 0 Å². The summed E-state index contributed by atoms with van der Waals surface area (Å²) in [5.41, 5.74) is 4.13. The Kier molecular flexibility index (Phi) is 4.82. The molecule has 0 aliphatic heterocycles. The molecule has 0 aromatic heterocycles. The van der Waals surface area contributed by atoms with Gasteiger partial charge < -0.3 is 5.73 Å². The Morgan fingerprint density at radius 1 is 0.630 bits per heavy atom. The number of benzene rings is 2.